The molecule has 0 bridgehead atoms. The smallest absolute Gasteiger partial charge is 0.246 e. The molecule has 0 atom stereocenters. The first-order chi connectivity index (χ1) is 15.4. The minimum absolute atomic E-state index is 0.202. The number of aryl methyl sites for hydroxylation is 5. The second-order valence-electron chi connectivity index (χ2n) is 9.27. The Kier molecular flexibility index (Phi) is 6.24. The van der Waals surface area contributed by atoms with Gasteiger partial charge < -0.3 is 4.74 Å². The van der Waals surface area contributed by atoms with Crippen molar-refractivity contribution in [2.75, 3.05) is 26.2 Å². The molecule has 0 N–H and O–H groups in total. The van der Waals surface area contributed by atoms with Crippen molar-refractivity contribution in [1.29, 1.82) is 0 Å². The van der Waals surface area contributed by atoms with Crippen LogP contribution in [-0.2, 0) is 24.8 Å². The molecule has 0 amide bonds. The maximum Gasteiger partial charge on any atom is 0.246 e. The molecule has 0 radical (unpaired) electrons. The number of ether oxygens (including phenoxy) is 1. The van der Waals surface area contributed by atoms with Crippen LogP contribution in [0.15, 0.2) is 40.1 Å². The van der Waals surface area contributed by atoms with Gasteiger partial charge in [-0.1, -0.05) is 29.8 Å². The van der Waals surface area contributed by atoms with Crippen molar-refractivity contribution in [3.05, 3.63) is 58.1 Å². The SMILES string of the molecule is Cc1cc(C)c(S(=O)(=O)N2CCOC23CCN(S(=O)(=O)c2cc(C)ccc2C)CC3)c(C)c1. The van der Waals surface area contributed by atoms with Crippen LogP contribution in [0.5, 0.6) is 0 Å². The van der Waals surface area contributed by atoms with Crippen LogP contribution in [-0.4, -0.2) is 57.4 Å². The fourth-order valence-corrected chi connectivity index (χ4v) is 9.10. The highest BCUT2D eigenvalue weighted by atomic mass is 32.2. The van der Waals surface area contributed by atoms with Gasteiger partial charge in [0.25, 0.3) is 0 Å². The third-order valence-electron chi connectivity index (χ3n) is 6.74. The molecule has 7 nitrogen and oxygen atoms in total. The maximum atomic E-state index is 13.8. The summed E-state index contributed by atoms with van der Waals surface area (Å²) in [6, 6.07) is 9.16. The lowest BCUT2D eigenvalue weighted by Crippen LogP contribution is -2.55. The van der Waals surface area contributed by atoms with Gasteiger partial charge in [-0.25, -0.2) is 16.8 Å². The van der Waals surface area contributed by atoms with E-state index in [0.29, 0.717) is 45.9 Å². The minimum Gasteiger partial charge on any atom is -0.358 e. The summed E-state index contributed by atoms with van der Waals surface area (Å²) in [5.74, 6) is 0. The van der Waals surface area contributed by atoms with Crippen molar-refractivity contribution in [2.24, 2.45) is 0 Å². The maximum absolute atomic E-state index is 13.8. The number of hydrogen-bond donors (Lipinski definition) is 0. The van der Waals surface area contributed by atoms with Crippen molar-refractivity contribution in [2.45, 2.75) is 63.0 Å². The monoisotopic (exact) mass is 492 g/mol. The lowest BCUT2D eigenvalue weighted by molar-refractivity contribution is -0.0806. The van der Waals surface area contributed by atoms with Crippen molar-refractivity contribution >= 4 is 20.0 Å². The number of nitrogens with zero attached hydrogens (tertiary/aromatic N) is 2. The zero-order valence-electron chi connectivity index (χ0n) is 19.9. The summed E-state index contributed by atoms with van der Waals surface area (Å²) in [6.07, 6.45) is 0.584. The van der Waals surface area contributed by atoms with Crippen LogP contribution in [0.2, 0.25) is 0 Å². The molecule has 0 aromatic heterocycles. The Morgan fingerprint density at radius 2 is 1.36 bits per heavy atom. The zero-order chi connectivity index (χ0) is 24.2. The molecule has 1 spiro atoms. The normalized spacial score (nSPS) is 19.9. The van der Waals surface area contributed by atoms with E-state index in [9.17, 15) is 16.8 Å². The second kappa shape index (κ2) is 8.46. The fraction of sp³-hybridized carbons (Fsp3) is 0.500. The van der Waals surface area contributed by atoms with Gasteiger partial charge >= 0.3 is 0 Å². The molecule has 180 valence electrons. The lowest BCUT2D eigenvalue weighted by Gasteiger charge is -2.42. The van der Waals surface area contributed by atoms with E-state index < -0.39 is 25.8 Å². The van der Waals surface area contributed by atoms with E-state index >= 15 is 0 Å². The summed E-state index contributed by atoms with van der Waals surface area (Å²) >= 11 is 0. The lowest BCUT2D eigenvalue weighted by atomic mass is 10.0. The molecule has 2 aliphatic heterocycles. The second-order valence-corrected chi connectivity index (χ2v) is 13.0. The van der Waals surface area contributed by atoms with Crippen molar-refractivity contribution < 1.29 is 21.6 Å². The highest BCUT2D eigenvalue weighted by Crippen LogP contribution is 2.40. The standard InChI is InChI=1S/C24H32N2O5S2/c1-17-6-7-19(3)22(16-17)32(27,28)25-10-8-24(9-11-25)26(12-13-31-24)33(29,30)23-20(4)14-18(2)15-21(23)5/h6-7,14-16H,8-13H2,1-5H3. The number of hydrogen-bond acceptors (Lipinski definition) is 5. The number of benzene rings is 2. The van der Waals surface area contributed by atoms with E-state index in [0.717, 1.165) is 11.1 Å². The van der Waals surface area contributed by atoms with E-state index in [4.69, 9.17) is 4.74 Å². The van der Waals surface area contributed by atoms with Gasteiger partial charge in [0, 0.05) is 32.5 Å². The summed E-state index contributed by atoms with van der Waals surface area (Å²) in [6.45, 7) is 10.2. The summed E-state index contributed by atoms with van der Waals surface area (Å²) < 4.78 is 63.1. The van der Waals surface area contributed by atoms with Crippen LogP contribution in [0.3, 0.4) is 0 Å². The topological polar surface area (TPSA) is 84.0 Å². The Hall–Kier alpha value is -1.78. The molecule has 4 rings (SSSR count). The Balaban J connectivity index is 1.62. The number of sulfonamides is 2. The fourth-order valence-electron chi connectivity index (χ4n) is 5.21. The van der Waals surface area contributed by atoms with Gasteiger partial charge in [-0.15, -0.1) is 0 Å². The third kappa shape index (κ3) is 4.14. The van der Waals surface area contributed by atoms with Crippen molar-refractivity contribution in [3.8, 4) is 0 Å². The molecule has 2 heterocycles. The van der Waals surface area contributed by atoms with Crippen LogP contribution in [0, 0.1) is 34.6 Å². The average molecular weight is 493 g/mol. The summed E-state index contributed by atoms with van der Waals surface area (Å²) in [4.78, 5) is 0.629. The van der Waals surface area contributed by atoms with Gasteiger partial charge in [-0.3, -0.25) is 0 Å². The van der Waals surface area contributed by atoms with Crippen molar-refractivity contribution in [3.63, 3.8) is 0 Å². The molecule has 2 aliphatic rings. The van der Waals surface area contributed by atoms with Crippen LogP contribution in [0.25, 0.3) is 0 Å². The summed E-state index contributed by atoms with van der Waals surface area (Å²) in [5, 5.41) is 0. The molecule has 2 fully saturated rings. The summed E-state index contributed by atoms with van der Waals surface area (Å²) in [7, 11) is -7.48. The largest absolute Gasteiger partial charge is 0.358 e. The Bertz CT molecular complexity index is 1270. The van der Waals surface area contributed by atoms with Crippen LogP contribution in [0.4, 0.5) is 0 Å². The van der Waals surface area contributed by atoms with Crippen LogP contribution >= 0.6 is 0 Å². The van der Waals surface area contributed by atoms with E-state index in [-0.39, 0.29) is 19.6 Å². The van der Waals surface area contributed by atoms with Crippen molar-refractivity contribution in [1.82, 2.24) is 8.61 Å². The molecule has 0 saturated carbocycles. The Labute approximate surface area is 197 Å². The quantitative estimate of drug-likeness (QED) is 0.653. The first kappa shape index (κ1) is 24.3. The van der Waals surface area contributed by atoms with Gasteiger partial charge in [0.05, 0.1) is 16.4 Å². The molecule has 0 unspecified atom stereocenters. The molecular weight excluding hydrogens is 460 g/mol. The molecule has 33 heavy (non-hydrogen) atoms. The Morgan fingerprint density at radius 1 is 0.758 bits per heavy atom. The molecule has 2 aromatic rings. The number of piperidine rings is 1. The van der Waals surface area contributed by atoms with E-state index in [2.05, 4.69) is 0 Å². The highest BCUT2D eigenvalue weighted by Gasteiger charge is 2.52. The van der Waals surface area contributed by atoms with E-state index in [1.54, 1.807) is 13.0 Å². The van der Waals surface area contributed by atoms with Crippen LogP contribution < -0.4 is 0 Å². The molecule has 0 aliphatic carbocycles. The zero-order valence-corrected chi connectivity index (χ0v) is 21.5. The molecular formula is C24H32N2O5S2. The van der Waals surface area contributed by atoms with Gasteiger partial charge in [0.1, 0.15) is 5.72 Å². The molecule has 2 saturated heterocycles. The predicted octanol–water partition coefficient (Wildman–Crippen LogP) is 3.43. The first-order valence-electron chi connectivity index (χ1n) is 11.2. The van der Waals surface area contributed by atoms with Gasteiger partial charge in [0.15, 0.2) is 0 Å². The average Bonchev–Trinajstić information content (AvgIpc) is 3.13. The molecule has 9 heteroatoms. The van der Waals surface area contributed by atoms with Gasteiger partial charge in [0.2, 0.25) is 20.0 Å². The molecule has 2 aromatic carbocycles. The first-order valence-corrected chi connectivity index (χ1v) is 14.1. The predicted molar refractivity (Wildman–Crippen MR) is 127 cm³/mol. The summed E-state index contributed by atoms with van der Waals surface area (Å²) in [5.41, 5.74) is 3.01. The van der Waals surface area contributed by atoms with E-state index in [1.165, 1.54) is 8.61 Å². The minimum atomic E-state index is -3.80. The Morgan fingerprint density at radius 3 is 1.97 bits per heavy atom. The van der Waals surface area contributed by atoms with Gasteiger partial charge in [-0.2, -0.15) is 8.61 Å². The van der Waals surface area contributed by atoms with E-state index in [1.807, 2.05) is 52.0 Å². The van der Waals surface area contributed by atoms with Gasteiger partial charge in [-0.05, 0) is 62.9 Å². The highest BCUT2D eigenvalue weighted by molar-refractivity contribution is 7.89. The number of rotatable bonds is 4. The third-order valence-corrected chi connectivity index (χ3v) is 11.0. The van der Waals surface area contributed by atoms with Crippen LogP contribution in [0.1, 0.15) is 40.7 Å².